The molecule has 1 aromatic carbocycles. The Labute approximate surface area is 192 Å². The van der Waals surface area contributed by atoms with E-state index >= 15 is 0 Å². The van der Waals surface area contributed by atoms with Crippen LogP contribution in [0.5, 0.6) is 5.75 Å². The highest BCUT2D eigenvalue weighted by Crippen LogP contribution is 2.30. The first kappa shape index (κ1) is 24.6. The zero-order valence-electron chi connectivity index (χ0n) is 19.0. The lowest BCUT2D eigenvalue weighted by atomic mass is 9.94. The predicted octanol–water partition coefficient (Wildman–Crippen LogP) is 3.47. The van der Waals surface area contributed by atoms with Gasteiger partial charge >= 0.3 is 0 Å². The Morgan fingerprint density at radius 1 is 1.19 bits per heavy atom. The molecule has 0 unspecified atom stereocenters. The minimum absolute atomic E-state index is 0.170. The number of amides is 1. The van der Waals surface area contributed by atoms with E-state index in [1.807, 2.05) is 11.8 Å². The number of hydrogen-bond acceptors (Lipinski definition) is 5. The first-order valence-corrected chi connectivity index (χ1v) is 13.1. The van der Waals surface area contributed by atoms with Crippen LogP contribution in [0.15, 0.2) is 23.1 Å². The Morgan fingerprint density at radius 3 is 2.53 bits per heavy atom. The van der Waals surface area contributed by atoms with Gasteiger partial charge in [0.05, 0.1) is 30.3 Å². The summed E-state index contributed by atoms with van der Waals surface area (Å²) in [6, 6.07) is 5.00. The van der Waals surface area contributed by atoms with Gasteiger partial charge in [-0.3, -0.25) is 9.69 Å². The molecule has 8 heteroatoms. The molecule has 1 aliphatic heterocycles. The van der Waals surface area contributed by atoms with Gasteiger partial charge in [-0.1, -0.05) is 31.6 Å². The Morgan fingerprint density at radius 2 is 1.88 bits per heavy atom. The minimum Gasteiger partial charge on any atom is -0.492 e. The lowest BCUT2D eigenvalue weighted by Gasteiger charge is -2.32. The van der Waals surface area contributed by atoms with E-state index < -0.39 is 10.0 Å². The molecule has 1 aliphatic carbocycles. The van der Waals surface area contributed by atoms with Crippen LogP contribution in [0.1, 0.15) is 58.3 Å². The highest BCUT2D eigenvalue weighted by Gasteiger charge is 2.27. The lowest BCUT2D eigenvalue weighted by Crippen LogP contribution is -2.42. The van der Waals surface area contributed by atoms with Crippen molar-refractivity contribution in [1.82, 2.24) is 9.21 Å². The molecular formula is C24H35N3O4S. The molecule has 1 saturated heterocycles. The molecule has 0 aromatic heterocycles. The number of ether oxygens (including phenoxy) is 1. The first-order chi connectivity index (χ1) is 15.5. The predicted molar refractivity (Wildman–Crippen MR) is 126 cm³/mol. The number of benzene rings is 1. The summed E-state index contributed by atoms with van der Waals surface area (Å²) in [6.07, 6.45) is 13.9. The van der Waals surface area contributed by atoms with Crippen molar-refractivity contribution in [3.63, 3.8) is 0 Å². The minimum atomic E-state index is -3.61. The van der Waals surface area contributed by atoms with Crippen LogP contribution < -0.4 is 10.1 Å². The van der Waals surface area contributed by atoms with Gasteiger partial charge in [-0.2, -0.15) is 4.31 Å². The molecule has 176 valence electrons. The van der Waals surface area contributed by atoms with E-state index in [1.165, 1.54) is 16.8 Å². The van der Waals surface area contributed by atoms with Crippen molar-refractivity contribution in [2.24, 2.45) is 0 Å². The molecule has 7 nitrogen and oxygen atoms in total. The van der Waals surface area contributed by atoms with E-state index in [-0.39, 0.29) is 17.3 Å². The molecule has 2 aliphatic rings. The van der Waals surface area contributed by atoms with Crippen LogP contribution >= 0.6 is 0 Å². The zero-order valence-corrected chi connectivity index (χ0v) is 19.8. The quantitative estimate of drug-likeness (QED) is 0.570. The normalized spacial score (nSPS) is 18.3. The van der Waals surface area contributed by atoms with Gasteiger partial charge in [0.2, 0.25) is 15.9 Å². The number of carbonyl (C=O) groups excluding carboxylic acids is 1. The van der Waals surface area contributed by atoms with Gasteiger partial charge < -0.3 is 10.1 Å². The van der Waals surface area contributed by atoms with Crippen LogP contribution in [0.2, 0.25) is 0 Å². The third-order valence-electron chi connectivity index (χ3n) is 6.21. The van der Waals surface area contributed by atoms with E-state index in [0.29, 0.717) is 43.7 Å². The summed E-state index contributed by atoms with van der Waals surface area (Å²) in [4.78, 5) is 15.1. The summed E-state index contributed by atoms with van der Waals surface area (Å²) in [5.41, 5.74) is 0.374. The van der Waals surface area contributed by atoms with Crippen LogP contribution in [0, 0.1) is 12.3 Å². The molecule has 32 heavy (non-hydrogen) atoms. The molecule has 1 N–H and O–H groups in total. The SMILES string of the molecule is C#CCN(CC(=O)Nc1cc(S(=O)(=O)N2CCCCC2)ccc1OCC)C1CCCCC1. The summed E-state index contributed by atoms with van der Waals surface area (Å²) >= 11 is 0. The molecule has 0 radical (unpaired) electrons. The first-order valence-electron chi connectivity index (χ1n) is 11.7. The highest BCUT2D eigenvalue weighted by atomic mass is 32.2. The molecule has 1 aromatic rings. The van der Waals surface area contributed by atoms with Gasteiger partial charge in [0.1, 0.15) is 5.75 Å². The number of nitrogens with zero attached hydrogens (tertiary/aromatic N) is 2. The largest absolute Gasteiger partial charge is 0.492 e. The molecule has 1 heterocycles. The summed E-state index contributed by atoms with van der Waals surface area (Å²) in [5, 5.41) is 2.88. The van der Waals surface area contributed by atoms with Crippen molar-refractivity contribution < 1.29 is 17.9 Å². The number of rotatable bonds is 9. The van der Waals surface area contributed by atoms with E-state index in [2.05, 4.69) is 11.2 Å². The standard InChI is InChI=1S/C24H35N3O4S/c1-3-15-26(20-11-7-5-8-12-20)19-24(28)25-22-18-21(13-14-23(22)31-4-2)32(29,30)27-16-9-6-10-17-27/h1,13-14,18,20H,4-12,15-17,19H2,2H3,(H,25,28). The van der Waals surface area contributed by atoms with E-state index in [0.717, 1.165) is 44.9 Å². The van der Waals surface area contributed by atoms with Crippen molar-refractivity contribution in [3.05, 3.63) is 18.2 Å². The second-order valence-electron chi connectivity index (χ2n) is 8.50. The molecule has 2 fully saturated rings. The third-order valence-corrected chi connectivity index (χ3v) is 8.10. The third kappa shape index (κ3) is 6.25. The number of piperidine rings is 1. The van der Waals surface area contributed by atoms with E-state index in [4.69, 9.17) is 11.2 Å². The van der Waals surface area contributed by atoms with E-state index in [1.54, 1.807) is 12.1 Å². The molecule has 1 saturated carbocycles. The second-order valence-corrected chi connectivity index (χ2v) is 10.4. The Kier molecular flexibility index (Phi) is 8.97. The fourth-order valence-corrected chi connectivity index (χ4v) is 6.10. The Balaban J connectivity index is 1.77. The molecule has 0 bridgehead atoms. The van der Waals surface area contributed by atoms with Crippen molar-refractivity contribution >= 4 is 21.6 Å². The molecule has 0 atom stereocenters. The zero-order chi connectivity index (χ0) is 23.0. The van der Waals surface area contributed by atoms with Crippen LogP contribution in [0.4, 0.5) is 5.69 Å². The summed E-state index contributed by atoms with van der Waals surface area (Å²) in [5.74, 6) is 2.90. The Hall–Kier alpha value is -2.08. The van der Waals surface area contributed by atoms with Gasteiger partial charge in [-0.15, -0.1) is 6.42 Å². The number of hydrogen-bond donors (Lipinski definition) is 1. The maximum absolute atomic E-state index is 13.1. The topological polar surface area (TPSA) is 79.0 Å². The van der Waals surface area contributed by atoms with Crippen LogP contribution in [0.25, 0.3) is 0 Å². The fourth-order valence-electron chi connectivity index (χ4n) is 4.55. The lowest BCUT2D eigenvalue weighted by molar-refractivity contribution is -0.117. The molecule has 3 rings (SSSR count). The van der Waals surface area contributed by atoms with E-state index in [9.17, 15) is 13.2 Å². The van der Waals surface area contributed by atoms with Crippen LogP contribution in [0.3, 0.4) is 0 Å². The maximum Gasteiger partial charge on any atom is 0.243 e. The van der Waals surface area contributed by atoms with Crippen molar-refractivity contribution in [3.8, 4) is 18.1 Å². The number of sulfonamides is 1. The summed E-state index contributed by atoms with van der Waals surface area (Å²) in [7, 11) is -3.61. The van der Waals surface area contributed by atoms with Gasteiger partial charge in [-0.05, 0) is 50.8 Å². The molecular weight excluding hydrogens is 426 g/mol. The maximum atomic E-state index is 13.1. The number of anilines is 1. The van der Waals surface area contributed by atoms with Gasteiger partial charge in [0.25, 0.3) is 0 Å². The molecule has 0 spiro atoms. The average molecular weight is 462 g/mol. The monoisotopic (exact) mass is 461 g/mol. The summed E-state index contributed by atoms with van der Waals surface area (Å²) < 4.78 is 33.4. The summed E-state index contributed by atoms with van der Waals surface area (Å²) in [6.45, 7) is 3.90. The van der Waals surface area contributed by atoms with Gasteiger partial charge in [-0.25, -0.2) is 8.42 Å². The van der Waals surface area contributed by atoms with Crippen LogP contribution in [-0.4, -0.2) is 62.4 Å². The molecule has 1 amide bonds. The van der Waals surface area contributed by atoms with Gasteiger partial charge in [0.15, 0.2) is 0 Å². The number of nitrogens with one attached hydrogen (secondary N) is 1. The second kappa shape index (κ2) is 11.7. The highest BCUT2D eigenvalue weighted by molar-refractivity contribution is 7.89. The number of terminal acetylenes is 1. The Bertz CT molecular complexity index is 914. The van der Waals surface area contributed by atoms with Gasteiger partial charge in [0, 0.05) is 19.1 Å². The average Bonchev–Trinajstić information content (AvgIpc) is 2.81. The van der Waals surface area contributed by atoms with Crippen molar-refractivity contribution in [2.45, 2.75) is 69.2 Å². The van der Waals surface area contributed by atoms with Crippen LogP contribution in [-0.2, 0) is 14.8 Å². The van der Waals surface area contributed by atoms with Crippen molar-refractivity contribution in [2.75, 3.05) is 38.1 Å². The van der Waals surface area contributed by atoms with Crippen molar-refractivity contribution in [1.29, 1.82) is 0 Å². The smallest absolute Gasteiger partial charge is 0.243 e. The fraction of sp³-hybridized carbons (Fsp3) is 0.625. The number of carbonyl (C=O) groups is 1.